The minimum Gasteiger partial charge on any atom is -0.489 e. The molecule has 0 atom stereocenters. The molecule has 0 aliphatic heterocycles. The topological polar surface area (TPSA) is 52.4 Å². The average molecular weight is 270 g/mol. The lowest BCUT2D eigenvalue weighted by molar-refractivity contribution is -0.384. The van der Waals surface area contributed by atoms with Gasteiger partial charge in [-0.2, -0.15) is 0 Å². The van der Waals surface area contributed by atoms with Gasteiger partial charge in [0.25, 0.3) is 5.69 Å². The molecule has 0 N–H and O–H groups in total. The molecule has 4 nitrogen and oxygen atoms in total. The van der Waals surface area contributed by atoms with Crippen molar-refractivity contribution in [3.63, 3.8) is 0 Å². The van der Waals surface area contributed by atoms with E-state index in [0.717, 1.165) is 0 Å². The number of rotatable bonds is 4. The maximum atomic E-state index is 10.5. The Morgan fingerprint density at radius 3 is 2.27 bits per heavy atom. The Labute approximate surface area is 101 Å². The first-order valence-corrected chi connectivity index (χ1v) is 5.17. The molecule has 82 valence electrons. The quantitative estimate of drug-likeness (QED) is 0.478. The molecular weight excluding hydrogens is 264 g/mol. The van der Waals surface area contributed by atoms with Crippen LogP contribution in [0.15, 0.2) is 12.1 Å². The van der Waals surface area contributed by atoms with Gasteiger partial charge in [0.05, 0.1) is 20.8 Å². The molecule has 7 heteroatoms. The molecule has 0 heterocycles. The van der Waals surface area contributed by atoms with Crippen LogP contribution in [0, 0.1) is 10.1 Å². The third-order valence-electron chi connectivity index (χ3n) is 1.52. The Morgan fingerprint density at radius 1 is 1.33 bits per heavy atom. The highest BCUT2D eigenvalue weighted by molar-refractivity contribution is 6.37. The van der Waals surface area contributed by atoms with Gasteiger partial charge in [-0.05, 0) is 0 Å². The summed E-state index contributed by atoms with van der Waals surface area (Å²) in [6.07, 6.45) is 0. The van der Waals surface area contributed by atoms with Crippen molar-refractivity contribution in [3.05, 3.63) is 32.3 Å². The smallest absolute Gasteiger partial charge is 0.272 e. The minimum absolute atomic E-state index is 0.0966. The summed E-state index contributed by atoms with van der Waals surface area (Å²) < 4.78 is 5.13. The summed E-state index contributed by atoms with van der Waals surface area (Å²) in [7, 11) is 0. The van der Waals surface area contributed by atoms with Gasteiger partial charge in [-0.3, -0.25) is 10.1 Å². The third kappa shape index (κ3) is 3.12. The van der Waals surface area contributed by atoms with Crippen LogP contribution in [-0.2, 0) is 0 Å². The fraction of sp³-hybridized carbons (Fsp3) is 0.250. The second-order valence-electron chi connectivity index (χ2n) is 2.53. The lowest BCUT2D eigenvalue weighted by atomic mass is 10.3. The number of nitro groups is 1. The second-order valence-corrected chi connectivity index (χ2v) is 3.73. The monoisotopic (exact) mass is 269 g/mol. The maximum absolute atomic E-state index is 10.5. The molecule has 1 aromatic rings. The normalized spacial score (nSPS) is 10.1. The highest BCUT2D eigenvalue weighted by Crippen LogP contribution is 2.36. The molecule has 0 fully saturated rings. The van der Waals surface area contributed by atoms with Gasteiger partial charge in [-0.1, -0.05) is 23.2 Å². The summed E-state index contributed by atoms with van der Waals surface area (Å²) >= 11 is 16.9. The molecule has 0 aliphatic carbocycles. The van der Waals surface area contributed by atoms with Gasteiger partial charge < -0.3 is 4.74 Å². The molecule has 15 heavy (non-hydrogen) atoms. The molecule has 0 bridgehead atoms. The van der Waals surface area contributed by atoms with Gasteiger partial charge in [-0.25, -0.2) is 0 Å². The predicted molar refractivity (Wildman–Crippen MR) is 59.3 cm³/mol. The van der Waals surface area contributed by atoms with Crippen molar-refractivity contribution < 1.29 is 9.66 Å². The summed E-state index contributed by atoms with van der Waals surface area (Å²) in [5, 5.41) is 10.7. The SMILES string of the molecule is O=[N+]([O-])c1cc(Cl)c(OCCCl)c(Cl)c1. The summed E-state index contributed by atoms with van der Waals surface area (Å²) in [6, 6.07) is 2.36. The molecule has 0 aromatic heterocycles. The van der Waals surface area contributed by atoms with Crippen LogP contribution in [0.2, 0.25) is 10.0 Å². The first-order chi connectivity index (χ1) is 7.06. The van der Waals surface area contributed by atoms with E-state index in [0.29, 0.717) is 0 Å². The van der Waals surface area contributed by atoms with Crippen molar-refractivity contribution in [3.8, 4) is 5.75 Å². The van der Waals surface area contributed by atoms with Gasteiger partial charge >= 0.3 is 0 Å². The lowest BCUT2D eigenvalue weighted by Crippen LogP contribution is -2.00. The molecule has 0 radical (unpaired) electrons. The first-order valence-electron chi connectivity index (χ1n) is 3.88. The van der Waals surface area contributed by atoms with Gasteiger partial charge in [-0.15, -0.1) is 11.6 Å². The van der Waals surface area contributed by atoms with Crippen LogP contribution in [0.1, 0.15) is 0 Å². The molecule has 0 saturated carbocycles. The van der Waals surface area contributed by atoms with E-state index in [1.807, 2.05) is 0 Å². The number of non-ortho nitro benzene ring substituents is 1. The Morgan fingerprint density at radius 2 is 1.87 bits per heavy atom. The van der Waals surface area contributed by atoms with Crippen molar-refractivity contribution in [1.29, 1.82) is 0 Å². The number of hydrogen-bond acceptors (Lipinski definition) is 3. The molecule has 1 rings (SSSR count). The number of alkyl halides is 1. The van der Waals surface area contributed by atoms with Gasteiger partial charge in [0.15, 0.2) is 5.75 Å². The number of benzene rings is 1. The fourth-order valence-corrected chi connectivity index (χ4v) is 1.59. The molecular formula is C8H6Cl3NO3. The summed E-state index contributed by atoms with van der Waals surface area (Å²) in [4.78, 5) is 9.88. The summed E-state index contributed by atoms with van der Waals surface area (Å²) in [5.74, 6) is 0.494. The molecule has 0 saturated heterocycles. The van der Waals surface area contributed by atoms with E-state index in [1.54, 1.807) is 0 Å². The van der Waals surface area contributed by atoms with E-state index in [9.17, 15) is 10.1 Å². The second kappa shape index (κ2) is 5.39. The van der Waals surface area contributed by atoms with Crippen LogP contribution in [-0.4, -0.2) is 17.4 Å². The third-order valence-corrected chi connectivity index (χ3v) is 2.23. The van der Waals surface area contributed by atoms with E-state index < -0.39 is 4.92 Å². The molecule has 1 aromatic carbocycles. The van der Waals surface area contributed by atoms with Crippen LogP contribution >= 0.6 is 34.8 Å². The number of halogens is 3. The van der Waals surface area contributed by atoms with E-state index in [2.05, 4.69) is 0 Å². The van der Waals surface area contributed by atoms with Crippen LogP contribution in [0.4, 0.5) is 5.69 Å². The Hall–Kier alpha value is -0.710. The maximum Gasteiger partial charge on any atom is 0.272 e. The standard InChI is InChI=1S/C8H6Cl3NO3/c9-1-2-15-8-6(10)3-5(12(13)14)4-7(8)11/h3-4H,1-2H2. The van der Waals surface area contributed by atoms with Gasteiger partial charge in [0.2, 0.25) is 0 Å². The van der Waals surface area contributed by atoms with Crippen LogP contribution < -0.4 is 4.74 Å². The zero-order chi connectivity index (χ0) is 11.4. The van der Waals surface area contributed by atoms with E-state index in [-0.39, 0.29) is 34.0 Å². The molecule has 0 spiro atoms. The van der Waals surface area contributed by atoms with Gasteiger partial charge in [0.1, 0.15) is 6.61 Å². The number of nitrogens with zero attached hydrogens (tertiary/aromatic N) is 1. The van der Waals surface area contributed by atoms with Crippen molar-refractivity contribution in [2.75, 3.05) is 12.5 Å². The van der Waals surface area contributed by atoms with Crippen LogP contribution in [0.3, 0.4) is 0 Å². The number of ether oxygens (including phenoxy) is 1. The van der Waals surface area contributed by atoms with Crippen molar-refractivity contribution in [1.82, 2.24) is 0 Å². The molecule has 0 amide bonds. The number of nitro benzene ring substituents is 1. The zero-order valence-corrected chi connectivity index (χ0v) is 9.64. The van der Waals surface area contributed by atoms with Crippen molar-refractivity contribution in [2.24, 2.45) is 0 Å². The fourth-order valence-electron chi connectivity index (χ4n) is 0.930. The summed E-state index contributed by atoms with van der Waals surface area (Å²) in [5.41, 5.74) is -0.178. The minimum atomic E-state index is -0.580. The Kier molecular flexibility index (Phi) is 4.45. The predicted octanol–water partition coefficient (Wildman–Crippen LogP) is 3.52. The van der Waals surface area contributed by atoms with Crippen molar-refractivity contribution >= 4 is 40.5 Å². The van der Waals surface area contributed by atoms with Crippen LogP contribution in [0.5, 0.6) is 5.75 Å². The molecule has 0 unspecified atom stereocenters. The highest BCUT2D eigenvalue weighted by Gasteiger charge is 2.15. The van der Waals surface area contributed by atoms with E-state index in [4.69, 9.17) is 39.5 Å². The highest BCUT2D eigenvalue weighted by atomic mass is 35.5. The van der Waals surface area contributed by atoms with E-state index in [1.165, 1.54) is 12.1 Å². The van der Waals surface area contributed by atoms with Gasteiger partial charge in [0, 0.05) is 12.1 Å². The largest absolute Gasteiger partial charge is 0.489 e. The van der Waals surface area contributed by atoms with Crippen molar-refractivity contribution in [2.45, 2.75) is 0 Å². The lowest BCUT2D eigenvalue weighted by Gasteiger charge is -2.07. The number of hydrogen-bond donors (Lipinski definition) is 0. The first kappa shape index (κ1) is 12.4. The Bertz CT molecular complexity index is 360. The zero-order valence-electron chi connectivity index (χ0n) is 7.37. The average Bonchev–Trinajstić information content (AvgIpc) is 2.16. The summed E-state index contributed by atoms with van der Waals surface area (Å²) in [6.45, 7) is 0.235. The Balaban J connectivity index is 3.04. The molecule has 0 aliphatic rings. The van der Waals surface area contributed by atoms with Crippen LogP contribution in [0.25, 0.3) is 0 Å². The van der Waals surface area contributed by atoms with E-state index >= 15 is 0 Å².